The minimum atomic E-state index is 0.0253. The topological polar surface area (TPSA) is 48.7 Å². The van der Waals surface area contributed by atoms with Crippen molar-refractivity contribution in [3.05, 3.63) is 53.4 Å². The summed E-state index contributed by atoms with van der Waals surface area (Å²) < 4.78 is 14.0. The van der Waals surface area contributed by atoms with Crippen molar-refractivity contribution < 1.29 is 9.47 Å². The van der Waals surface area contributed by atoms with E-state index in [0.717, 1.165) is 43.6 Å². The van der Waals surface area contributed by atoms with Crippen LogP contribution in [0.15, 0.2) is 42.6 Å². The van der Waals surface area contributed by atoms with Crippen LogP contribution in [-0.2, 0) is 10.2 Å². The average molecular weight is 370 g/mol. The lowest BCUT2D eigenvalue weighted by Gasteiger charge is -2.25. The van der Waals surface area contributed by atoms with Crippen molar-refractivity contribution in [2.45, 2.75) is 43.1 Å². The van der Waals surface area contributed by atoms with Gasteiger partial charge in [-0.2, -0.15) is 0 Å². The molecule has 6 heteroatoms. The Bertz CT molecular complexity index is 976. The van der Waals surface area contributed by atoms with Gasteiger partial charge in [-0.25, -0.2) is 0 Å². The normalized spacial score (nSPS) is 27.3. The lowest BCUT2D eigenvalue weighted by Crippen LogP contribution is -2.24. The molecule has 0 aliphatic heterocycles. The molecular formula is C20H20ClN3O2. The summed E-state index contributed by atoms with van der Waals surface area (Å²) in [4.78, 5) is 0. The quantitative estimate of drug-likeness (QED) is 0.664. The second-order valence-electron chi connectivity index (χ2n) is 7.47. The van der Waals surface area contributed by atoms with E-state index in [1.807, 2.05) is 49.7 Å². The molecule has 1 aromatic carbocycles. The fourth-order valence-corrected chi connectivity index (χ4v) is 4.89. The van der Waals surface area contributed by atoms with Crippen LogP contribution in [0.1, 0.15) is 37.9 Å². The van der Waals surface area contributed by atoms with Crippen molar-refractivity contribution >= 4 is 17.2 Å². The Labute approximate surface area is 156 Å². The van der Waals surface area contributed by atoms with E-state index in [1.54, 1.807) is 0 Å². The first kappa shape index (κ1) is 16.1. The van der Waals surface area contributed by atoms with Gasteiger partial charge in [0.2, 0.25) is 5.65 Å². The summed E-state index contributed by atoms with van der Waals surface area (Å²) in [7, 11) is 1.83. The maximum atomic E-state index is 6.23. The van der Waals surface area contributed by atoms with E-state index in [4.69, 9.17) is 21.1 Å². The van der Waals surface area contributed by atoms with Gasteiger partial charge >= 0.3 is 0 Å². The molecule has 0 amide bonds. The van der Waals surface area contributed by atoms with Gasteiger partial charge in [-0.15, -0.1) is 10.2 Å². The molecule has 0 unspecified atom stereocenters. The van der Waals surface area contributed by atoms with Crippen LogP contribution in [-0.4, -0.2) is 27.3 Å². The van der Waals surface area contributed by atoms with Crippen molar-refractivity contribution in [3.63, 3.8) is 0 Å². The second kappa shape index (κ2) is 5.69. The Kier molecular flexibility index (Phi) is 3.52. The van der Waals surface area contributed by atoms with Crippen LogP contribution in [0, 0.1) is 0 Å². The Morgan fingerprint density at radius 1 is 1.00 bits per heavy atom. The molecule has 3 aromatic rings. The fraction of sp³-hybridized carbons (Fsp3) is 0.400. The van der Waals surface area contributed by atoms with Crippen molar-refractivity contribution in [1.82, 2.24) is 14.6 Å². The predicted octanol–water partition coefficient (Wildman–Crippen LogP) is 4.78. The van der Waals surface area contributed by atoms with E-state index in [0.29, 0.717) is 16.5 Å². The molecule has 0 atom stereocenters. The number of nitrogens with zero attached hydrogens (tertiary/aromatic N) is 3. The Hall–Kier alpha value is -2.11. The number of hydrogen-bond acceptors (Lipinski definition) is 4. The van der Waals surface area contributed by atoms with Crippen LogP contribution in [0.5, 0.6) is 11.5 Å². The molecule has 5 nitrogen and oxygen atoms in total. The molecule has 134 valence electrons. The molecule has 2 heterocycles. The third-order valence-electron chi connectivity index (χ3n) is 6.14. The van der Waals surface area contributed by atoms with Crippen LogP contribution in [0.2, 0.25) is 5.02 Å². The monoisotopic (exact) mass is 369 g/mol. The van der Waals surface area contributed by atoms with Gasteiger partial charge in [-0.3, -0.25) is 4.40 Å². The minimum Gasteiger partial charge on any atom is -0.452 e. The van der Waals surface area contributed by atoms with E-state index in [9.17, 15) is 0 Å². The third-order valence-corrected chi connectivity index (χ3v) is 6.45. The summed E-state index contributed by atoms with van der Waals surface area (Å²) in [6.07, 6.45) is 7.41. The maximum absolute atomic E-state index is 6.23. The fourth-order valence-electron chi connectivity index (χ4n) is 4.71. The van der Waals surface area contributed by atoms with E-state index in [-0.39, 0.29) is 11.0 Å². The standard InChI is InChI=1S/C20H20ClN3O2/c1-25-20-10-8-19(13-20,9-11-20)18-23-22-17-16(7-4-12-24(17)18)26-15-6-3-2-5-14(15)21/h2-7,12H,8-11,13H2,1H3. The highest BCUT2D eigenvalue weighted by Gasteiger charge is 2.57. The van der Waals surface area contributed by atoms with Crippen LogP contribution in [0.25, 0.3) is 5.65 Å². The van der Waals surface area contributed by atoms with Crippen LogP contribution < -0.4 is 4.74 Å². The number of aromatic nitrogens is 3. The van der Waals surface area contributed by atoms with Gasteiger partial charge in [0.05, 0.1) is 10.6 Å². The molecule has 0 radical (unpaired) electrons. The average Bonchev–Trinajstić information content (AvgIpc) is 3.36. The molecule has 2 bridgehead atoms. The molecule has 0 saturated heterocycles. The number of halogens is 1. The molecule has 2 fully saturated rings. The highest BCUT2D eigenvalue weighted by atomic mass is 35.5. The number of ether oxygens (including phenoxy) is 2. The molecule has 2 saturated carbocycles. The zero-order valence-corrected chi connectivity index (χ0v) is 15.4. The van der Waals surface area contributed by atoms with Crippen LogP contribution >= 0.6 is 11.6 Å². The van der Waals surface area contributed by atoms with Crippen molar-refractivity contribution in [1.29, 1.82) is 0 Å². The first-order chi connectivity index (χ1) is 12.6. The summed E-state index contributed by atoms with van der Waals surface area (Å²) in [5, 5.41) is 9.61. The van der Waals surface area contributed by atoms with E-state index in [1.165, 1.54) is 0 Å². The molecule has 26 heavy (non-hydrogen) atoms. The van der Waals surface area contributed by atoms with Crippen LogP contribution in [0.3, 0.4) is 0 Å². The highest BCUT2D eigenvalue weighted by molar-refractivity contribution is 6.32. The SMILES string of the molecule is COC12CCC(c3nnc4c(Oc5ccccc5Cl)cccn34)(CC1)C2. The zero-order chi connectivity index (χ0) is 17.8. The largest absolute Gasteiger partial charge is 0.452 e. The number of methoxy groups -OCH3 is 1. The molecule has 2 aliphatic rings. The third kappa shape index (κ3) is 2.27. The van der Waals surface area contributed by atoms with Gasteiger partial charge in [0, 0.05) is 18.7 Å². The lowest BCUT2D eigenvalue weighted by molar-refractivity contribution is -0.000309. The predicted molar refractivity (Wildman–Crippen MR) is 99.0 cm³/mol. The summed E-state index contributed by atoms with van der Waals surface area (Å²) in [5.41, 5.74) is 0.800. The molecule has 2 aromatic heterocycles. The van der Waals surface area contributed by atoms with Gasteiger partial charge in [-0.1, -0.05) is 23.7 Å². The van der Waals surface area contributed by atoms with Gasteiger partial charge in [-0.05, 0) is 56.4 Å². The van der Waals surface area contributed by atoms with Gasteiger partial charge in [0.15, 0.2) is 5.75 Å². The lowest BCUT2D eigenvalue weighted by atomic mass is 9.83. The molecular weight excluding hydrogens is 350 g/mol. The smallest absolute Gasteiger partial charge is 0.203 e. The number of benzene rings is 1. The summed E-state index contributed by atoms with van der Waals surface area (Å²) in [5.74, 6) is 2.29. The van der Waals surface area contributed by atoms with Gasteiger partial charge in [0.1, 0.15) is 11.6 Å². The Morgan fingerprint density at radius 3 is 2.50 bits per heavy atom. The van der Waals surface area contributed by atoms with Crippen molar-refractivity contribution in [2.75, 3.05) is 7.11 Å². The van der Waals surface area contributed by atoms with E-state index >= 15 is 0 Å². The molecule has 0 N–H and O–H groups in total. The second-order valence-corrected chi connectivity index (χ2v) is 7.87. The number of hydrogen-bond donors (Lipinski definition) is 0. The highest BCUT2D eigenvalue weighted by Crippen LogP contribution is 2.58. The summed E-state index contributed by atoms with van der Waals surface area (Å²) >= 11 is 6.23. The Morgan fingerprint density at radius 2 is 1.77 bits per heavy atom. The van der Waals surface area contributed by atoms with E-state index in [2.05, 4.69) is 14.6 Å². The van der Waals surface area contributed by atoms with Gasteiger partial charge in [0.25, 0.3) is 0 Å². The molecule has 2 aliphatic carbocycles. The summed E-state index contributed by atoms with van der Waals surface area (Å²) in [6, 6.07) is 11.3. The van der Waals surface area contributed by atoms with E-state index < -0.39 is 0 Å². The Balaban J connectivity index is 1.56. The van der Waals surface area contributed by atoms with Crippen LogP contribution in [0.4, 0.5) is 0 Å². The number of para-hydroxylation sites is 1. The van der Waals surface area contributed by atoms with Gasteiger partial charge < -0.3 is 9.47 Å². The first-order valence-electron chi connectivity index (χ1n) is 8.97. The van der Waals surface area contributed by atoms with Crippen molar-refractivity contribution in [3.8, 4) is 11.5 Å². The van der Waals surface area contributed by atoms with Crippen molar-refractivity contribution in [2.24, 2.45) is 0 Å². The summed E-state index contributed by atoms with van der Waals surface area (Å²) in [6.45, 7) is 0. The first-order valence-corrected chi connectivity index (χ1v) is 9.34. The minimum absolute atomic E-state index is 0.0253. The molecule has 5 rings (SSSR count). The zero-order valence-electron chi connectivity index (χ0n) is 14.6. The number of rotatable bonds is 4. The molecule has 0 spiro atoms. The maximum Gasteiger partial charge on any atom is 0.203 e. The number of pyridine rings is 1. The number of fused-ring (bicyclic) bond motifs is 3.